The van der Waals surface area contributed by atoms with Gasteiger partial charge in [0.1, 0.15) is 0 Å². The molecule has 0 bridgehead atoms. The summed E-state index contributed by atoms with van der Waals surface area (Å²) >= 11 is 0. The highest BCUT2D eigenvalue weighted by Gasteiger charge is 2.35. The molecule has 174 valence electrons. The van der Waals surface area contributed by atoms with Gasteiger partial charge in [-0.25, -0.2) is 18.2 Å². The zero-order valence-electron chi connectivity index (χ0n) is 18.1. The standard InChI is InChI=1S/C21H27N3O7S/c1-14(2)11-23(17-9-10-32(29,30)13-17)20(27)12-31-21(28)15-3-5-16(6-4-15)24-19(26)8-7-18(25)22-24/h3-6,14,17H,7-13H2,1-2H3,(H,22,25). The van der Waals surface area contributed by atoms with E-state index < -0.39 is 34.4 Å². The van der Waals surface area contributed by atoms with Gasteiger partial charge >= 0.3 is 5.97 Å². The molecule has 1 unspecified atom stereocenters. The summed E-state index contributed by atoms with van der Waals surface area (Å²) in [6, 6.07) is 5.45. The van der Waals surface area contributed by atoms with Crippen LogP contribution in [0.2, 0.25) is 0 Å². The average molecular weight is 466 g/mol. The SMILES string of the molecule is CC(C)CN(C(=O)COC(=O)c1ccc(N2NC(=O)CCC2=O)cc1)C1CCS(=O)(=O)C1. The second-order valence-electron chi connectivity index (χ2n) is 8.38. The van der Waals surface area contributed by atoms with Crippen LogP contribution in [0.4, 0.5) is 5.69 Å². The zero-order valence-corrected chi connectivity index (χ0v) is 18.9. The van der Waals surface area contributed by atoms with Crippen LogP contribution in [0, 0.1) is 5.92 Å². The number of esters is 1. The van der Waals surface area contributed by atoms with Gasteiger partial charge < -0.3 is 9.64 Å². The van der Waals surface area contributed by atoms with Crippen LogP contribution in [0.15, 0.2) is 24.3 Å². The Hall–Kier alpha value is -2.95. The minimum Gasteiger partial charge on any atom is -0.452 e. The van der Waals surface area contributed by atoms with E-state index in [-0.39, 0.29) is 47.6 Å². The van der Waals surface area contributed by atoms with Crippen LogP contribution >= 0.6 is 0 Å². The van der Waals surface area contributed by atoms with Gasteiger partial charge in [-0.05, 0) is 36.6 Å². The minimum atomic E-state index is -3.16. The third-order valence-corrected chi connectivity index (χ3v) is 7.02. The van der Waals surface area contributed by atoms with Gasteiger partial charge in [0, 0.05) is 25.4 Å². The van der Waals surface area contributed by atoms with Crippen LogP contribution in [0.25, 0.3) is 0 Å². The number of benzene rings is 1. The number of nitrogens with zero attached hydrogens (tertiary/aromatic N) is 2. The maximum atomic E-state index is 12.7. The van der Waals surface area contributed by atoms with Crippen LogP contribution in [-0.2, 0) is 29.0 Å². The molecule has 1 aromatic carbocycles. The van der Waals surface area contributed by atoms with Crippen LogP contribution in [0.3, 0.4) is 0 Å². The van der Waals surface area contributed by atoms with Crippen LogP contribution in [0.1, 0.15) is 43.5 Å². The lowest BCUT2D eigenvalue weighted by molar-refractivity contribution is -0.137. The molecule has 2 saturated heterocycles. The number of hydrogen-bond acceptors (Lipinski definition) is 7. The van der Waals surface area contributed by atoms with Gasteiger partial charge in [-0.1, -0.05) is 13.8 Å². The molecule has 2 fully saturated rings. The second kappa shape index (κ2) is 9.68. The molecule has 0 aromatic heterocycles. The van der Waals surface area contributed by atoms with E-state index in [0.717, 1.165) is 5.01 Å². The van der Waals surface area contributed by atoms with Crippen molar-refractivity contribution in [1.82, 2.24) is 10.3 Å². The van der Waals surface area contributed by atoms with Crippen molar-refractivity contribution in [3.05, 3.63) is 29.8 Å². The van der Waals surface area contributed by atoms with Gasteiger partial charge in [0.05, 0.1) is 22.8 Å². The largest absolute Gasteiger partial charge is 0.452 e. The average Bonchev–Trinajstić information content (AvgIpc) is 3.11. The number of carbonyl (C=O) groups is 4. The lowest BCUT2D eigenvalue weighted by Gasteiger charge is -2.29. The van der Waals surface area contributed by atoms with Crippen molar-refractivity contribution in [3.8, 4) is 0 Å². The highest BCUT2D eigenvalue weighted by Crippen LogP contribution is 2.20. The summed E-state index contributed by atoms with van der Waals surface area (Å²) < 4.78 is 28.8. The molecule has 2 heterocycles. The summed E-state index contributed by atoms with van der Waals surface area (Å²) in [4.78, 5) is 50.1. The molecule has 1 atom stereocenters. The number of sulfone groups is 1. The molecule has 1 N–H and O–H groups in total. The summed E-state index contributed by atoms with van der Waals surface area (Å²) in [5, 5.41) is 1.13. The molecule has 1 aromatic rings. The predicted molar refractivity (Wildman–Crippen MR) is 115 cm³/mol. The summed E-state index contributed by atoms with van der Waals surface area (Å²) in [6.07, 6.45) is 0.614. The van der Waals surface area contributed by atoms with Crippen molar-refractivity contribution in [2.24, 2.45) is 5.92 Å². The fourth-order valence-corrected chi connectivity index (χ4v) is 5.42. The Kier molecular flexibility index (Phi) is 7.17. The van der Waals surface area contributed by atoms with Crippen molar-refractivity contribution in [2.45, 2.75) is 39.2 Å². The predicted octanol–water partition coefficient (Wildman–Crippen LogP) is 0.673. The Balaban J connectivity index is 1.60. The first-order valence-electron chi connectivity index (χ1n) is 10.5. The van der Waals surface area contributed by atoms with E-state index >= 15 is 0 Å². The van der Waals surface area contributed by atoms with Crippen molar-refractivity contribution < 1.29 is 32.3 Å². The molecule has 0 aliphatic carbocycles. The first-order chi connectivity index (χ1) is 15.1. The van der Waals surface area contributed by atoms with Gasteiger partial charge in [0.25, 0.3) is 5.91 Å². The van der Waals surface area contributed by atoms with E-state index in [4.69, 9.17) is 4.74 Å². The summed E-state index contributed by atoms with van der Waals surface area (Å²) in [5.41, 5.74) is 3.05. The molecule has 0 saturated carbocycles. The van der Waals surface area contributed by atoms with Crippen LogP contribution in [-0.4, -0.2) is 67.7 Å². The van der Waals surface area contributed by atoms with Gasteiger partial charge in [0.15, 0.2) is 16.4 Å². The third-order valence-electron chi connectivity index (χ3n) is 5.27. The number of hydrazine groups is 1. The van der Waals surface area contributed by atoms with E-state index in [1.54, 1.807) is 0 Å². The van der Waals surface area contributed by atoms with Crippen molar-refractivity contribution in [3.63, 3.8) is 0 Å². The molecule has 10 nitrogen and oxygen atoms in total. The highest BCUT2D eigenvalue weighted by atomic mass is 32.2. The minimum absolute atomic E-state index is 0.0473. The van der Waals surface area contributed by atoms with E-state index in [2.05, 4.69) is 5.43 Å². The lowest BCUT2D eigenvalue weighted by atomic mass is 10.1. The Morgan fingerprint density at radius 2 is 1.88 bits per heavy atom. The number of anilines is 1. The number of hydrogen-bond donors (Lipinski definition) is 1. The topological polar surface area (TPSA) is 130 Å². The molecule has 3 rings (SSSR count). The van der Waals surface area contributed by atoms with Gasteiger partial charge in [-0.3, -0.25) is 19.8 Å². The molecule has 0 spiro atoms. The number of ether oxygens (including phenoxy) is 1. The summed E-state index contributed by atoms with van der Waals surface area (Å²) in [6.45, 7) is 3.73. The van der Waals surface area contributed by atoms with Crippen molar-refractivity contribution >= 4 is 39.2 Å². The van der Waals surface area contributed by atoms with Crippen LogP contribution < -0.4 is 10.4 Å². The van der Waals surface area contributed by atoms with Gasteiger partial charge in [-0.2, -0.15) is 0 Å². The van der Waals surface area contributed by atoms with Crippen molar-refractivity contribution in [2.75, 3.05) is 29.7 Å². The van der Waals surface area contributed by atoms with E-state index in [9.17, 15) is 27.6 Å². The Morgan fingerprint density at radius 3 is 2.47 bits per heavy atom. The van der Waals surface area contributed by atoms with Crippen molar-refractivity contribution in [1.29, 1.82) is 0 Å². The summed E-state index contributed by atoms with van der Waals surface area (Å²) in [5.74, 6) is -1.59. The molecule has 2 aliphatic heterocycles. The summed E-state index contributed by atoms with van der Waals surface area (Å²) in [7, 11) is -3.16. The Bertz CT molecular complexity index is 1000. The molecule has 0 radical (unpaired) electrons. The maximum Gasteiger partial charge on any atom is 0.338 e. The Labute approximate surface area is 186 Å². The molecule has 32 heavy (non-hydrogen) atoms. The van der Waals surface area contributed by atoms with Gasteiger partial charge in [0.2, 0.25) is 11.8 Å². The monoisotopic (exact) mass is 465 g/mol. The number of amides is 3. The third kappa shape index (κ3) is 5.84. The molecule has 11 heteroatoms. The van der Waals surface area contributed by atoms with Gasteiger partial charge in [-0.15, -0.1) is 0 Å². The second-order valence-corrected chi connectivity index (χ2v) is 10.6. The smallest absolute Gasteiger partial charge is 0.338 e. The normalized spacial score (nSPS) is 20.2. The fourth-order valence-electron chi connectivity index (χ4n) is 3.69. The maximum absolute atomic E-state index is 12.7. The quantitative estimate of drug-likeness (QED) is 0.586. The first-order valence-corrected chi connectivity index (χ1v) is 12.3. The van der Waals surface area contributed by atoms with E-state index in [1.807, 2.05) is 13.8 Å². The molecular weight excluding hydrogens is 438 g/mol. The number of nitrogens with one attached hydrogen (secondary N) is 1. The molecular formula is C21H27N3O7S. The lowest BCUT2D eigenvalue weighted by Crippen LogP contribution is -2.50. The number of rotatable bonds is 7. The Morgan fingerprint density at radius 1 is 1.19 bits per heavy atom. The van der Waals surface area contributed by atoms with E-state index in [1.165, 1.54) is 29.2 Å². The zero-order chi connectivity index (χ0) is 23.5. The fraction of sp³-hybridized carbons (Fsp3) is 0.524. The first kappa shape index (κ1) is 23.7. The van der Waals surface area contributed by atoms with Crippen LogP contribution in [0.5, 0.6) is 0 Å². The molecule has 2 aliphatic rings. The number of carbonyl (C=O) groups excluding carboxylic acids is 4. The highest BCUT2D eigenvalue weighted by molar-refractivity contribution is 7.91. The molecule has 3 amide bonds. The van der Waals surface area contributed by atoms with E-state index in [0.29, 0.717) is 18.7 Å².